The number of aliphatic imine (C=N–C) groups is 1. The van der Waals surface area contributed by atoms with E-state index >= 15 is 0 Å². The van der Waals surface area contributed by atoms with E-state index < -0.39 is 34.1 Å². The Labute approximate surface area is 222 Å². The number of nitrogens with two attached hydrogens (primary N) is 3. The fraction of sp³-hybridized carbons (Fsp3) is 0.381. The zero-order chi connectivity index (χ0) is 27.9. The van der Waals surface area contributed by atoms with Crippen LogP contribution in [0.5, 0.6) is 5.75 Å². The van der Waals surface area contributed by atoms with Crippen LogP contribution in [0.25, 0.3) is 0 Å². The standard InChI is InChI=1S/C21H28N8O7S2/c1-12-15(19(31)29(12)38(32,33)34)7-8-25-18(30)17(16-11-37-21(24)27-16)28-36-10-2-9-35-14-5-3-13(4-6-14)26-20(22)23/h3-6,11-12,15H,2,7-10H2,1H3,(H2,24,27)(H,25,30)(H4,22,23,26)(H,32,33,34)/b28-17-/t12-,15-/m0/s1. The molecule has 1 fully saturated rings. The highest BCUT2D eigenvalue weighted by Crippen LogP contribution is 2.31. The average molecular weight is 569 g/mol. The van der Waals surface area contributed by atoms with Crippen molar-refractivity contribution in [1.29, 1.82) is 0 Å². The van der Waals surface area contributed by atoms with Gasteiger partial charge in [0.15, 0.2) is 16.8 Å². The van der Waals surface area contributed by atoms with Crippen molar-refractivity contribution in [2.24, 2.45) is 27.5 Å². The van der Waals surface area contributed by atoms with Crippen molar-refractivity contribution in [1.82, 2.24) is 14.6 Å². The quantitative estimate of drug-likeness (QED) is 0.0537. The zero-order valence-corrected chi connectivity index (χ0v) is 21.9. The number of hydrogen-bond acceptors (Lipinski definition) is 11. The largest absolute Gasteiger partial charge is 0.493 e. The first-order valence-corrected chi connectivity index (χ1v) is 13.6. The zero-order valence-electron chi connectivity index (χ0n) is 20.3. The van der Waals surface area contributed by atoms with Crippen LogP contribution in [-0.2, 0) is 24.7 Å². The molecular formula is C21H28N8O7S2. The molecule has 17 heteroatoms. The van der Waals surface area contributed by atoms with Crippen LogP contribution < -0.4 is 27.3 Å². The molecule has 2 aromatic rings. The molecule has 206 valence electrons. The number of nitrogen functional groups attached to an aromatic ring is 1. The number of thiazole rings is 1. The van der Waals surface area contributed by atoms with Crippen LogP contribution in [0, 0.1) is 5.92 Å². The molecule has 8 N–H and O–H groups in total. The number of carbonyl (C=O) groups excluding carboxylic acids is 2. The minimum atomic E-state index is -4.60. The first kappa shape index (κ1) is 28.6. The number of ether oxygens (including phenoxy) is 1. The summed E-state index contributed by atoms with van der Waals surface area (Å²) in [7, 11) is -4.60. The number of hydrogen-bond donors (Lipinski definition) is 5. The van der Waals surface area contributed by atoms with Gasteiger partial charge in [-0.2, -0.15) is 8.42 Å². The van der Waals surface area contributed by atoms with Crippen LogP contribution in [0.1, 0.15) is 25.5 Å². The highest BCUT2D eigenvalue weighted by atomic mass is 32.2. The molecule has 0 spiro atoms. The van der Waals surface area contributed by atoms with Gasteiger partial charge in [0.2, 0.25) is 5.91 Å². The molecule has 1 aliphatic heterocycles. The Bertz CT molecular complexity index is 1310. The van der Waals surface area contributed by atoms with Crippen LogP contribution in [0.15, 0.2) is 39.8 Å². The molecule has 1 saturated heterocycles. The highest BCUT2D eigenvalue weighted by molar-refractivity contribution is 7.84. The Kier molecular flexibility index (Phi) is 9.43. The SMILES string of the molecule is C[C@H]1[C@H](CCNC(=O)/C(=N\OCCCOc2ccc(N=C(N)N)cc2)c2csc(N)n2)C(=O)N1S(=O)(=O)O. The lowest BCUT2D eigenvalue weighted by atomic mass is 9.89. The lowest BCUT2D eigenvalue weighted by Crippen LogP contribution is -2.61. The number of guanidine groups is 1. The first-order valence-electron chi connectivity index (χ1n) is 11.3. The van der Waals surface area contributed by atoms with E-state index in [0.29, 0.717) is 28.8 Å². The maximum absolute atomic E-state index is 12.7. The third kappa shape index (κ3) is 7.53. The van der Waals surface area contributed by atoms with E-state index in [-0.39, 0.29) is 42.1 Å². The summed E-state index contributed by atoms with van der Waals surface area (Å²) in [5.41, 5.74) is 17.0. The second-order valence-corrected chi connectivity index (χ2v) is 10.3. The molecule has 15 nitrogen and oxygen atoms in total. The number of carbonyl (C=O) groups is 2. The maximum Gasteiger partial charge on any atom is 0.362 e. The minimum Gasteiger partial charge on any atom is -0.493 e. The minimum absolute atomic E-state index is 0.0418. The summed E-state index contributed by atoms with van der Waals surface area (Å²) >= 11 is 1.12. The lowest BCUT2D eigenvalue weighted by Gasteiger charge is -2.42. The molecule has 0 radical (unpaired) electrons. The van der Waals surface area contributed by atoms with Gasteiger partial charge in [-0.25, -0.2) is 14.3 Å². The predicted octanol–water partition coefficient (Wildman–Crippen LogP) is -0.0240. The van der Waals surface area contributed by atoms with Gasteiger partial charge in [0.1, 0.15) is 18.1 Å². The van der Waals surface area contributed by atoms with Gasteiger partial charge >= 0.3 is 10.3 Å². The van der Waals surface area contributed by atoms with E-state index in [4.69, 9.17) is 31.3 Å². The molecule has 1 aromatic carbocycles. The van der Waals surface area contributed by atoms with Crippen LogP contribution in [0.4, 0.5) is 10.8 Å². The first-order chi connectivity index (χ1) is 18.0. The molecular weight excluding hydrogens is 540 g/mol. The molecule has 2 atom stereocenters. The number of benzene rings is 1. The number of nitrogens with one attached hydrogen (secondary N) is 1. The molecule has 0 aliphatic carbocycles. The molecule has 1 aliphatic rings. The Hall–Kier alpha value is -3.96. The van der Waals surface area contributed by atoms with E-state index in [1.165, 1.54) is 6.92 Å². The van der Waals surface area contributed by atoms with E-state index in [2.05, 4.69) is 20.4 Å². The van der Waals surface area contributed by atoms with Gasteiger partial charge < -0.3 is 32.1 Å². The monoisotopic (exact) mass is 568 g/mol. The summed E-state index contributed by atoms with van der Waals surface area (Å²) < 4.78 is 37.5. The summed E-state index contributed by atoms with van der Waals surface area (Å²) in [6.07, 6.45) is 0.620. The number of β-lactam (4-membered cyclic amide) rings is 1. The maximum atomic E-state index is 12.7. The fourth-order valence-corrected chi connectivity index (χ4v) is 5.03. The van der Waals surface area contributed by atoms with Crippen molar-refractivity contribution >= 4 is 55.9 Å². The van der Waals surface area contributed by atoms with E-state index in [1.54, 1.807) is 29.6 Å². The average Bonchev–Trinajstić information content (AvgIpc) is 3.26. The molecule has 0 unspecified atom stereocenters. The topological polar surface area (TPSA) is 238 Å². The van der Waals surface area contributed by atoms with Gasteiger partial charge in [-0.05, 0) is 37.6 Å². The molecule has 2 heterocycles. The fourth-order valence-electron chi connectivity index (χ4n) is 3.56. The van der Waals surface area contributed by atoms with Gasteiger partial charge in [-0.3, -0.25) is 14.1 Å². The van der Waals surface area contributed by atoms with Gasteiger partial charge in [0.05, 0.1) is 24.3 Å². The molecule has 0 bridgehead atoms. The smallest absolute Gasteiger partial charge is 0.362 e. The van der Waals surface area contributed by atoms with Crippen molar-refractivity contribution in [3.8, 4) is 5.75 Å². The Morgan fingerprint density at radius 3 is 2.55 bits per heavy atom. The van der Waals surface area contributed by atoms with Crippen molar-refractivity contribution < 1.29 is 32.1 Å². The highest BCUT2D eigenvalue weighted by Gasteiger charge is 2.49. The third-order valence-corrected chi connectivity index (χ3v) is 7.04. The van der Waals surface area contributed by atoms with E-state index in [1.807, 2.05) is 0 Å². The third-order valence-electron chi connectivity index (χ3n) is 5.36. The van der Waals surface area contributed by atoms with Crippen LogP contribution in [0.3, 0.4) is 0 Å². The summed E-state index contributed by atoms with van der Waals surface area (Å²) in [5, 5.41) is 8.31. The van der Waals surface area contributed by atoms with Crippen molar-refractivity contribution in [3.05, 3.63) is 35.3 Å². The number of nitrogens with zero attached hydrogens (tertiary/aromatic N) is 4. The molecule has 38 heavy (non-hydrogen) atoms. The summed E-state index contributed by atoms with van der Waals surface area (Å²) in [4.78, 5) is 38.0. The summed E-state index contributed by atoms with van der Waals surface area (Å²) in [6, 6.07) is 6.11. The number of amides is 2. The van der Waals surface area contributed by atoms with Gasteiger partial charge in [0, 0.05) is 18.3 Å². The molecule has 2 amide bonds. The van der Waals surface area contributed by atoms with Gasteiger partial charge in [0.25, 0.3) is 5.91 Å². The Morgan fingerprint density at radius 2 is 1.97 bits per heavy atom. The van der Waals surface area contributed by atoms with Crippen molar-refractivity contribution in [2.45, 2.75) is 25.8 Å². The predicted molar refractivity (Wildman–Crippen MR) is 140 cm³/mol. The van der Waals surface area contributed by atoms with Crippen molar-refractivity contribution in [3.63, 3.8) is 0 Å². The van der Waals surface area contributed by atoms with Crippen LogP contribution >= 0.6 is 11.3 Å². The molecule has 1 aromatic heterocycles. The van der Waals surface area contributed by atoms with Crippen molar-refractivity contribution in [2.75, 3.05) is 25.5 Å². The Morgan fingerprint density at radius 1 is 1.26 bits per heavy atom. The summed E-state index contributed by atoms with van der Waals surface area (Å²) in [6.45, 7) is 2.00. The van der Waals surface area contributed by atoms with E-state index in [9.17, 15) is 18.0 Å². The second-order valence-electron chi connectivity index (χ2n) is 8.08. The van der Waals surface area contributed by atoms with Crippen LogP contribution in [-0.4, -0.2) is 71.5 Å². The second kappa shape index (κ2) is 12.5. The molecule has 0 saturated carbocycles. The lowest BCUT2D eigenvalue weighted by molar-refractivity contribution is -0.146. The number of rotatable bonds is 13. The van der Waals surface area contributed by atoms with Gasteiger partial charge in [-0.15, -0.1) is 11.3 Å². The molecule has 3 rings (SSSR count). The van der Waals surface area contributed by atoms with Crippen LogP contribution in [0.2, 0.25) is 0 Å². The van der Waals surface area contributed by atoms with E-state index in [0.717, 1.165) is 11.3 Å². The number of oxime groups is 1. The number of anilines is 1. The normalized spacial score (nSPS) is 17.5. The number of aromatic nitrogens is 1. The van der Waals surface area contributed by atoms with Gasteiger partial charge in [-0.1, -0.05) is 5.16 Å². The summed E-state index contributed by atoms with van der Waals surface area (Å²) in [5.74, 6) is -1.43. The Balaban J connectivity index is 1.48.